The van der Waals surface area contributed by atoms with Crippen molar-refractivity contribution in [3.8, 4) is 0 Å². The van der Waals surface area contributed by atoms with E-state index in [2.05, 4.69) is 4.98 Å². The van der Waals surface area contributed by atoms with Gasteiger partial charge in [-0.3, -0.25) is 14.9 Å². The van der Waals surface area contributed by atoms with Crippen LogP contribution in [0.5, 0.6) is 0 Å². The number of aromatic amines is 1. The topological polar surface area (TPSA) is 79.2 Å². The molecule has 0 saturated heterocycles. The molecule has 0 bridgehead atoms. The number of hydrogen-bond acceptors (Lipinski definition) is 3. The molecule has 0 aromatic carbocycles. The summed E-state index contributed by atoms with van der Waals surface area (Å²) in [6.45, 7) is 0.470. The lowest BCUT2D eigenvalue weighted by Crippen LogP contribution is -2.45. The molecule has 0 unspecified atom stereocenters. The monoisotopic (exact) mass is 271 g/mol. The summed E-state index contributed by atoms with van der Waals surface area (Å²) in [5, 5.41) is 10.6. The van der Waals surface area contributed by atoms with E-state index in [4.69, 9.17) is 11.6 Å². The number of rotatable bonds is 5. The van der Waals surface area contributed by atoms with Crippen molar-refractivity contribution in [1.29, 1.82) is 0 Å². The zero-order valence-electron chi connectivity index (χ0n) is 9.76. The average molecular weight is 272 g/mol. The standard InChI is InChI=1S/C11H14ClN3O3/c12-4-5-14(8-2-1-3-8)11(16)10-6-9(7-13-10)15(17)18/h6-8,13H,1-5H2. The molecule has 0 aliphatic heterocycles. The average Bonchev–Trinajstić information content (AvgIpc) is 2.74. The van der Waals surface area contributed by atoms with Gasteiger partial charge in [0.15, 0.2) is 0 Å². The molecule has 1 aromatic heterocycles. The normalized spacial score (nSPS) is 15.2. The molecule has 98 valence electrons. The molecule has 1 fully saturated rings. The van der Waals surface area contributed by atoms with E-state index in [0.717, 1.165) is 19.3 Å². The van der Waals surface area contributed by atoms with Gasteiger partial charge in [-0.2, -0.15) is 0 Å². The van der Waals surface area contributed by atoms with E-state index in [1.807, 2.05) is 0 Å². The molecule has 0 radical (unpaired) electrons. The second-order valence-electron chi connectivity index (χ2n) is 4.30. The van der Waals surface area contributed by atoms with Gasteiger partial charge in [0.25, 0.3) is 11.6 Å². The fraction of sp³-hybridized carbons (Fsp3) is 0.545. The first-order chi connectivity index (χ1) is 8.63. The Balaban J connectivity index is 2.13. The lowest BCUT2D eigenvalue weighted by atomic mass is 9.91. The number of nitro groups is 1. The summed E-state index contributed by atoms with van der Waals surface area (Å²) in [6, 6.07) is 1.49. The Morgan fingerprint density at radius 2 is 2.33 bits per heavy atom. The lowest BCUT2D eigenvalue weighted by molar-refractivity contribution is -0.384. The number of amides is 1. The molecule has 1 N–H and O–H groups in total. The fourth-order valence-electron chi connectivity index (χ4n) is 2.01. The lowest BCUT2D eigenvalue weighted by Gasteiger charge is -2.37. The Morgan fingerprint density at radius 1 is 1.61 bits per heavy atom. The molecule has 7 heteroatoms. The highest BCUT2D eigenvalue weighted by atomic mass is 35.5. The SMILES string of the molecule is O=C(c1cc([N+](=O)[O-])c[nH]1)N(CCCl)C1CCC1. The number of aromatic nitrogens is 1. The van der Waals surface area contributed by atoms with E-state index < -0.39 is 4.92 Å². The summed E-state index contributed by atoms with van der Waals surface area (Å²) in [5.74, 6) is 0.152. The third-order valence-corrected chi connectivity index (χ3v) is 3.38. The molecular weight excluding hydrogens is 258 g/mol. The van der Waals surface area contributed by atoms with Crippen LogP contribution < -0.4 is 0 Å². The van der Waals surface area contributed by atoms with E-state index in [1.165, 1.54) is 12.3 Å². The van der Waals surface area contributed by atoms with Crippen molar-refractivity contribution in [3.63, 3.8) is 0 Å². The van der Waals surface area contributed by atoms with Crippen LogP contribution in [-0.2, 0) is 0 Å². The molecule has 1 saturated carbocycles. The zero-order valence-corrected chi connectivity index (χ0v) is 10.5. The van der Waals surface area contributed by atoms with Gasteiger partial charge in [-0.1, -0.05) is 0 Å². The number of carbonyl (C=O) groups excluding carboxylic acids is 1. The van der Waals surface area contributed by atoms with E-state index in [0.29, 0.717) is 12.4 Å². The van der Waals surface area contributed by atoms with Gasteiger partial charge in [0.2, 0.25) is 0 Å². The van der Waals surface area contributed by atoms with Crippen LogP contribution in [0.25, 0.3) is 0 Å². The predicted molar refractivity (Wildman–Crippen MR) is 66.8 cm³/mol. The first-order valence-electron chi connectivity index (χ1n) is 5.83. The summed E-state index contributed by atoms with van der Waals surface area (Å²) in [7, 11) is 0. The summed E-state index contributed by atoms with van der Waals surface area (Å²) in [6.07, 6.45) is 4.30. The fourth-order valence-corrected chi connectivity index (χ4v) is 2.19. The Labute approximate surface area is 109 Å². The molecule has 1 amide bonds. The molecule has 6 nitrogen and oxygen atoms in total. The summed E-state index contributed by atoms with van der Waals surface area (Å²) in [4.78, 5) is 26.6. The Morgan fingerprint density at radius 3 is 2.78 bits per heavy atom. The maximum absolute atomic E-state index is 12.2. The molecule has 1 heterocycles. The number of alkyl halides is 1. The highest BCUT2D eigenvalue weighted by Gasteiger charge is 2.30. The van der Waals surface area contributed by atoms with Gasteiger partial charge < -0.3 is 9.88 Å². The second-order valence-corrected chi connectivity index (χ2v) is 4.68. The summed E-state index contributed by atoms with van der Waals surface area (Å²) >= 11 is 5.70. The van der Waals surface area contributed by atoms with E-state index >= 15 is 0 Å². The maximum atomic E-state index is 12.2. The van der Waals surface area contributed by atoms with Crippen LogP contribution in [0, 0.1) is 10.1 Å². The third kappa shape index (κ3) is 2.48. The molecule has 1 aromatic rings. The van der Waals surface area contributed by atoms with Gasteiger partial charge >= 0.3 is 0 Å². The number of halogens is 1. The van der Waals surface area contributed by atoms with Crippen molar-refractivity contribution < 1.29 is 9.72 Å². The largest absolute Gasteiger partial charge is 0.351 e. The van der Waals surface area contributed by atoms with Crippen molar-refractivity contribution in [2.24, 2.45) is 0 Å². The Bertz CT molecular complexity index is 456. The number of nitrogens with zero attached hydrogens (tertiary/aromatic N) is 2. The molecular formula is C11H14ClN3O3. The number of hydrogen-bond donors (Lipinski definition) is 1. The highest BCUT2D eigenvalue weighted by Crippen LogP contribution is 2.26. The van der Waals surface area contributed by atoms with Crippen LogP contribution in [0.15, 0.2) is 12.3 Å². The van der Waals surface area contributed by atoms with Crippen LogP contribution in [0.2, 0.25) is 0 Å². The minimum Gasteiger partial charge on any atom is -0.351 e. The number of nitrogens with one attached hydrogen (secondary N) is 1. The highest BCUT2D eigenvalue weighted by molar-refractivity contribution is 6.18. The van der Waals surface area contributed by atoms with Crippen molar-refractivity contribution in [3.05, 3.63) is 28.1 Å². The van der Waals surface area contributed by atoms with Gasteiger partial charge in [0.05, 0.1) is 11.1 Å². The summed E-state index contributed by atoms with van der Waals surface area (Å²) in [5.41, 5.74) is 0.150. The Kier molecular flexibility index (Phi) is 3.86. The van der Waals surface area contributed by atoms with Crippen molar-refractivity contribution in [2.45, 2.75) is 25.3 Å². The van der Waals surface area contributed by atoms with Crippen LogP contribution >= 0.6 is 11.6 Å². The van der Waals surface area contributed by atoms with E-state index in [-0.39, 0.29) is 23.3 Å². The van der Waals surface area contributed by atoms with Crippen LogP contribution in [0.4, 0.5) is 5.69 Å². The minimum absolute atomic E-state index is 0.0993. The van der Waals surface area contributed by atoms with Crippen molar-refractivity contribution >= 4 is 23.2 Å². The molecule has 0 atom stereocenters. The second kappa shape index (κ2) is 5.39. The smallest absolute Gasteiger partial charge is 0.287 e. The predicted octanol–water partition coefficient (Wildman–Crippen LogP) is 2.16. The number of carbonyl (C=O) groups is 1. The minimum atomic E-state index is -0.525. The zero-order chi connectivity index (χ0) is 13.1. The quantitative estimate of drug-likeness (QED) is 0.506. The Hall–Kier alpha value is -1.56. The number of H-pyrrole nitrogens is 1. The molecule has 1 aliphatic carbocycles. The first kappa shape index (κ1) is 12.9. The van der Waals surface area contributed by atoms with Gasteiger partial charge in [0.1, 0.15) is 5.69 Å². The van der Waals surface area contributed by atoms with E-state index in [9.17, 15) is 14.9 Å². The van der Waals surface area contributed by atoms with Crippen LogP contribution in [0.1, 0.15) is 29.8 Å². The van der Waals surface area contributed by atoms with Crippen molar-refractivity contribution in [2.75, 3.05) is 12.4 Å². The molecule has 18 heavy (non-hydrogen) atoms. The third-order valence-electron chi connectivity index (χ3n) is 3.21. The van der Waals surface area contributed by atoms with Crippen molar-refractivity contribution in [1.82, 2.24) is 9.88 Å². The van der Waals surface area contributed by atoms with Crippen LogP contribution in [-0.4, -0.2) is 39.2 Å². The van der Waals surface area contributed by atoms with Gasteiger partial charge in [-0.25, -0.2) is 0 Å². The first-order valence-corrected chi connectivity index (χ1v) is 6.36. The maximum Gasteiger partial charge on any atom is 0.287 e. The van der Waals surface area contributed by atoms with Gasteiger partial charge in [-0.15, -0.1) is 11.6 Å². The molecule has 0 spiro atoms. The molecule has 1 aliphatic rings. The van der Waals surface area contributed by atoms with Gasteiger partial charge in [0, 0.05) is 24.5 Å². The molecule has 2 rings (SSSR count). The van der Waals surface area contributed by atoms with Gasteiger partial charge in [-0.05, 0) is 19.3 Å². The van der Waals surface area contributed by atoms with Crippen LogP contribution in [0.3, 0.4) is 0 Å². The van der Waals surface area contributed by atoms with E-state index in [1.54, 1.807) is 4.90 Å². The summed E-state index contributed by atoms with van der Waals surface area (Å²) < 4.78 is 0.